The summed E-state index contributed by atoms with van der Waals surface area (Å²) in [6.07, 6.45) is -4.94. The van der Waals surface area contributed by atoms with Crippen LogP contribution in [0.15, 0.2) is 24.3 Å². The number of halogens is 3. The maximum absolute atomic E-state index is 11.7. The van der Waals surface area contributed by atoms with Gasteiger partial charge in [-0.25, -0.2) is 0 Å². The lowest BCUT2D eigenvalue weighted by Crippen LogP contribution is -2.19. The van der Waals surface area contributed by atoms with Crippen LogP contribution < -0.4 is 4.74 Å². The monoisotopic (exact) mass is 250 g/mol. The molecule has 3 nitrogen and oxygen atoms in total. The first-order valence-electron chi connectivity index (χ1n) is 4.94. The van der Waals surface area contributed by atoms with Crippen molar-refractivity contribution in [2.75, 3.05) is 13.4 Å². The fourth-order valence-corrected chi connectivity index (χ4v) is 1.11. The third kappa shape index (κ3) is 5.55. The number of aliphatic hydroxyl groups excluding tert-OH is 1. The maximum Gasteiger partial charge on any atom is 0.411 e. The second-order valence-corrected chi connectivity index (χ2v) is 3.47. The van der Waals surface area contributed by atoms with E-state index in [1.54, 1.807) is 31.2 Å². The smallest absolute Gasteiger partial charge is 0.411 e. The van der Waals surface area contributed by atoms with Crippen molar-refractivity contribution < 1.29 is 27.8 Å². The molecule has 0 saturated carbocycles. The van der Waals surface area contributed by atoms with Crippen molar-refractivity contribution in [2.45, 2.75) is 19.2 Å². The van der Waals surface area contributed by atoms with Crippen LogP contribution in [0.1, 0.15) is 18.6 Å². The predicted octanol–water partition coefficient (Wildman–Crippen LogP) is 2.66. The summed E-state index contributed by atoms with van der Waals surface area (Å²) < 4.78 is 44.4. The third-order valence-electron chi connectivity index (χ3n) is 1.94. The first-order valence-corrected chi connectivity index (χ1v) is 4.94. The molecule has 17 heavy (non-hydrogen) atoms. The van der Waals surface area contributed by atoms with Crippen LogP contribution in [0, 0.1) is 0 Å². The van der Waals surface area contributed by atoms with Gasteiger partial charge >= 0.3 is 6.18 Å². The largest absolute Gasteiger partial charge is 0.468 e. The minimum absolute atomic E-state index is 0.386. The molecular formula is C11H13F3O3. The number of rotatable bonds is 5. The van der Waals surface area contributed by atoms with Gasteiger partial charge < -0.3 is 14.6 Å². The summed E-state index contributed by atoms with van der Waals surface area (Å²) in [4.78, 5) is 0. The molecule has 0 spiro atoms. The first kappa shape index (κ1) is 13.8. The standard InChI is InChI=1S/C11H13F3O3/c1-8(15)9-2-4-10(5-3-9)17-7-16-6-11(12,13)14/h2-5,8,15H,6-7H2,1H3/t8-/m1/s1. The molecule has 0 fully saturated rings. The Balaban J connectivity index is 2.33. The molecule has 0 aliphatic carbocycles. The van der Waals surface area contributed by atoms with Crippen molar-refractivity contribution in [2.24, 2.45) is 0 Å². The quantitative estimate of drug-likeness (QED) is 0.645. The van der Waals surface area contributed by atoms with Gasteiger partial charge in [-0.1, -0.05) is 12.1 Å². The van der Waals surface area contributed by atoms with Gasteiger partial charge in [0.05, 0.1) is 6.10 Å². The van der Waals surface area contributed by atoms with Crippen LogP contribution in [0.2, 0.25) is 0 Å². The van der Waals surface area contributed by atoms with Crippen LogP contribution in [-0.2, 0) is 4.74 Å². The van der Waals surface area contributed by atoms with E-state index in [2.05, 4.69) is 4.74 Å². The topological polar surface area (TPSA) is 38.7 Å². The fourth-order valence-electron chi connectivity index (χ4n) is 1.11. The Bertz CT molecular complexity index is 333. The lowest BCUT2D eigenvalue weighted by atomic mass is 10.1. The molecule has 0 saturated heterocycles. The van der Waals surface area contributed by atoms with E-state index in [0.29, 0.717) is 11.3 Å². The van der Waals surface area contributed by atoms with Crippen molar-refractivity contribution in [1.29, 1.82) is 0 Å². The molecule has 0 bridgehead atoms. The zero-order chi connectivity index (χ0) is 12.9. The minimum atomic E-state index is -4.35. The van der Waals surface area contributed by atoms with Crippen LogP contribution in [-0.4, -0.2) is 24.7 Å². The average Bonchev–Trinajstić information content (AvgIpc) is 2.24. The van der Waals surface area contributed by atoms with E-state index >= 15 is 0 Å². The molecular weight excluding hydrogens is 237 g/mol. The van der Waals surface area contributed by atoms with Gasteiger partial charge in [-0.3, -0.25) is 0 Å². The minimum Gasteiger partial charge on any atom is -0.468 e. The molecule has 1 aromatic carbocycles. The molecule has 0 heterocycles. The van der Waals surface area contributed by atoms with E-state index in [0.717, 1.165) is 0 Å². The van der Waals surface area contributed by atoms with E-state index in [-0.39, 0.29) is 0 Å². The zero-order valence-corrected chi connectivity index (χ0v) is 9.20. The van der Waals surface area contributed by atoms with Crippen molar-refractivity contribution in [1.82, 2.24) is 0 Å². The predicted molar refractivity (Wildman–Crippen MR) is 54.6 cm³/mol. The Morgan fingerprint density at radius 2 is 1.82 bits per heavy atom. The average molecular weight is 250 g/mol. The summed E-state index contributed by atoms with van der Waals surface area (Å²) in [5.74, 6) is 0.386. The number of ether oxygens (including phenoxy) is 2. The summed E-state index contributed by atoms with van der Waals surface area (Å²) >= 11 is 0. The molecule has 1 atom stereocenters. The number of hydrogen-bond acceptors (Lipinski definition) is 3. The van der Waals surface area contributed by atoms with Crippen LogP contribution >= 0.6 is 0 Å². The number of aliphatic hydroxyl groups is 1. The zero-order valence-electron chi connectivity index (χ0n) is 9.20. The van der Waals surface area contributed by atoms with Gasteiger partial charge in [0.1, 0.15) is 12.4 Å². The molecule has 0 radical (unpaired) electrons. The molecule has 1 aromatic rings. The van der Waals surface area contributed by atoms with Gasteiger partial charge in [0.2, 0.25) is 0 Å². The highest BCUT2D eigenvalue weighted by molar-refractivity contribution is 5.28. The van der Waals surface area contributed by atoms with E-state index in [1.165, 1.54) is 0 Å². The Hall–Kier alpha value is -1.27. The van der Waals surface area contributed by atoms with Gasteiger partial charge in [-0.05, 0) is 24.6 Å². The molecule has 0 amide bonds. The van der Waals surface area contributed by atoms with Crippen LogP contribution in [0.25, 0.3) is 0 Å². The number of benzene rings is 1. The summed E-state index contributed by atoms with van der Waals surface area (Å²) in [5.41, 5.74) is 0.702. The summed E-state index contributed by atoms with van der Waals surface area (Å²) in [6, 6.07) is 6.37. The normalized spacial score (nSPS) is 13.5. The second-order valence-electron chi connectivity index (χ2n) is 3.47. The Labute approximate surface area is 96.8 Å². The molecule has 1 N–H and O–H groups in total. The summed E-state index contributed by atoms with van der Waals surface area (Å²) in [7, 11) is 0. The fraction of sp³-hybridized carbons (Fsp3) is 0.455. The van der Waals surface area contributed by atoms with E-state index < -0.39 is 25.7 Å². The van der Waals surface area contributed by atoms with Gasteiger partial charge in [0.15, 0.2) is 6.79 Å². The Morgan fingerprint density at radius 1 is 1.24 bits per heavy atom. The van der Waals surface area contributed by atoms with Crippen LogP contribution in [0.4, 0.5) is 13.2 Å². The maximum atomic E-state index is 11.7. The molecule has 1 rings (SSSR count). The molecule has 6 heteroatoms. The molecule has 0 aliphatic heterocycles. The van der Waals surface area contributed by atoms with Crippen molar-refractivity contribution >= 4 is 0 Å². The summed E-state index contributed by atoms with van der Waals surface area (Å²) in [5, 5.41) is 9.23. The first-order chi connectivity index (χ1) is 7.88. The van der Waals surface area contributed by atoms with Crippen LogP contribution in [0.3, 0.4) is 0 Å². The number of hydrogen-bond donors (Lipinski definition) is 1. The Kier molecular flexibility index (Phi) is 4.77. The Morgan fingerprint density at radius 3 is 2.29 bits per heavy atom. The highest BCUT2D eigenvalue weighted by Gasteiger charge is 2.27. The lowest BCUT2D eigenvalue weighted by Gasteiger charge is -2.10. The lowest BCUT2D eigenvalue weighted by molar-refractivity contribution is -0.186. The van der Waals surface area contributed by atoms with Gasteiger partial charge in [0, 0.05) is 0 Å². The molecule has 0 aliphatic rings. The SMILES string of the molecule is C[C@@H](O)c1ccc(OCOCC(F)(F)F)cc1. The van der Waals surface area contributed by atoms with E-state index in [1.807, 2.05) is 0 Å². The molecule has 96 valence electrons. The summed E-state index contributed by atoms with van der Waals surface area (Å²) in [6.45, 7) is -0.186. The second kappa shape index (κ2) is 5.88. The van der Waals surface area contributed by atoms with Crippen molar-refractivity contribution in [3.8, 4) is 5.75 Å². The van der Waals surface area contributed by atoms with Gasteiger partial charge in [-0.2, -0.15) is 13.2 Å². The van der Waals surface area contributed by atoms with Crippen LogP contribution in [0.5, 0.6) is 5.75 Å². The van der Waals surface area contributed by atoms with E-state index in [4.69, 9.17) is 4.74 Å². The van der Waals surface area contributed by atoms with Gasteiger partial charge in [-0.15, -0.1) is 0 Å². The van der Waals surface area contributed by atoms with Gasteiger partial charge in [0.25, 0.3) is 0 Å². The van der Waals surface area contributed by atoms with Crippen molar-refractivity contribution in [3.63, 3.8) is 0 Å². The van der Waals surface area contributed by atoms with E-state index in [9.17, 15) is 18.3 Å². The highest BCUT2D eigenvalue weighted by atomic mass is 19.4. The number of alkyl halides is 3. The molecule has 0 aromatic heterocycles. The molecule has 0 unspecified atom stereocenters. The highest BCUT2D eigenvalue weighted by Crippen LogP contribution is 2.18. The third-order valence-corrected chi connectivity index (χ3v) is 1.94. The van der Waals surface area contributed by atoms with Crippen molar-refractivity contribution in [3.05, 3.63) is 29.8 Å².